The highest BCUT2D eigenvalue weighted by Gasteiger charge is 2.15. The van der Waals surface area contributed by atoms with E-state index in [9.17, 15) is 4.79 Å². The molecule has 72 valence electrons. The lowest BCUT2D eigenvalue weighted by molar-refractivity contribution is 0.0699. The molecule has 2 N–H and O–H groups in total. The van der Waals surface area contributed by atoms with E-state index in [2.05, 4.69) is 41.8 Å². The van der Waals surface area contributed by atoms with Crippen LogP contribution < -0.4 is 0 Å². The number of H-pyrrole nitrogens is 1. The van der Waals surface area contributed by atoms with Crippen molar-refractivity contribution >= 4 is 48.7 Å². The number of hydrogen-bond donors (Lipinski definition) is 2. The van der Waals surface area contributed by atoms with Gasteiger partial charge in [-0.3, -0.25) is 0 Å². The average Bonchev–Trinajstić information content (AvgIpc) is 2.56. The number of nitrogens with zero attached hydrogens (tertiary/aromatic N) is 1. The molecular formula is C8H4Br2N2O2. The Morgan fingerprint density at radius 3 is 2.86 bits per heavy atom. The van der Waals surface area contributed by atoms with Gasteiger partial charge in [-0.2, -0.15) is 0 Å². The number of carboxylic acid groups (broad SMARTS) is 1. The standard InChI is InChI=1S/C8H4Br2N2O2/c9-4-2-12-7(10)5-3(8(13)14)1-11-6(4)5/h1-2,11H,(H,13,14). The second kappa shape index (κ2) is 3.36. The molecule has 0 saturated heterocycles. The summed E-state index contributed by atoms with van der Waals surface area (Å²) in [4.78, 5) is 17.7. The van der Waals surface area contributed by atoms with Gasteiger partial charge in [0.05, 0.1) is 15.6 Å². The number of fused-ring (bicyclic) bond motifs is 1. The van der Waals surface area contributed by atoms with Crippen molar-refractivity contribution in [3.05, 3.63) is 27.0 Å². The summed E-state index contributed by atoms with van der Waals surface area (Å²) in [6, 6.07) is 0. The monoisotopic (exact) mass is 318 g/mol. The van der Waals surface area contributed by atoms with E-state index < -0.39 is 5.97 Å². The van der Waals surface area contributed by atoms with Crippen molar-refractivity contribution in [3.8, 4) is 0 Å². The average molecular weight is 320 g/mol. The molecule has 2 rings (SSSR count). The third kappa shape index (κ3) is 1.34. The molecule has 0 aliphatic carbocycles. The highest BCUT2D eigenvalue weighted by atomic mass is 79.9. The number of aromatic amines is 1. The van der Waals surface area contributed by atoms with Crippen LogP contribution >= 0.6 is 31.9 Å². The van der Waals surface area contributed by atoms with Crippen LogP contribution in [0.1, 0.15) is 10.4 Å². The number of aromatic carboxylic acids is 1. The zero-order valence-corrected chi connectivity index (χ0v) is 9.89. The Morgan fingerprint density at radius 2 is 2.21 bits per heavy atom. The number of carboxylic acids is 1. The number of hydrogen-bond acceptors (Lipinski definition) is 2. The lowest BCUT2D eigenvalue weighted by Crippen LogP contribution is -1.94. The van der Waals surface area contributed by atoms with Crippen molar-refractivity contribution in [1.29, 1.82) is 0 Å². The molecule has 0 saturated carbocycles. The third-order valence-electron chi connectivity index (χ3n) is 1.85. The maximum atomic E-state index is 10.9. The molecule has 0 aliphatic rings. The van der Waals surface area contributed by atoms with Gasteiger partial charge in [0.1, 0.15) is 4.60 Å². The molecule has 0 fully saturated rings. The van der Waals surface area contributed by atoms with E-state index in [1.165, 1.54) is 6.20 Å². The zero-order valence-electron chi connectivity index (χ0n) is 6.71. The van der Waals surface area contributed by atoms with Crippen LogP contribution in [0.5, 0.6) is 0 Å². The zero-order chi connectivity index (χ0) is 10.3. The summed E-state index contributed by atoms with van der Waals surface area (Å²) in [5.74, 6) is -0.975. The molecule has 0 bridgehead atoms. The van der Waals surface area contributed by atoms with Gasteiger partial charge in [0.15, 0.2) is 0 Å². The molecule has 2 aromatic heterocycles. The van der Waals surface area contributed by atoms with Crippen LogP contribution in [0.15, 0.2) is 21.5 Å². The van der Waals surface area contributed by atoms with E-state index in [-0.39, 0.29) is 5.56 Å². The molecule has 0 aromatic carbocycles. The van der Waals surface area contributed by atoms with Crippen LogP contribution in [-0.4, -0.2) is 21.0 Å². The highest BCUT2D eigenvalue weighted by Crippen LogP contribution is 2.30. The quantitative estimate of drug-likeness (QED) is 0.794. The Labute approximate surface area is 95.6 Å². The highest BCUT2D eigenvalue weighted by molar-refractivity contribution is 9.11. The molecular weight excluding hydrogens is 316 g/mol. The topological polar surface area (TPSA) is 66.0 Å². The van der Waals surface area contributed by atoms with Gasteiger partial charge in [-0.15, -0.1) is 0 Å². The molecule has 0 unspecified atom stereocenters. The van der Waals surface area contributed by atoms with Crippen LogP contribution in [0, 0.1) is 0 Å². The van der Waals surface area contributed by atoms with Crippen LogP contribution in [0.3, 0.4) is 0 Å². The Hall–Kier alpha value is -0.880. The van der Waals surface area contributed by atoms with E-state index in [4.69, 9.17) is 5.11 Å². The minimum absolute atomic E-state index is 0.209. The predicted octanol–water partition coefficient (Wildman–Crippen LogP) is 2.79. The van der Waals surface area contributed by atoms with Crippen molar-refractivity contribution in [3.63, 3.8) is 0 Å². The number of carbonyl (C=O) groups is 1. The maximum Gasteiger partial charge on any atom is 0.337 e. The Bertz CT molecular complexity index is 521. The lowest BCUT2D eigenvalue weighted by atomic mass is 10.2. The molecule has 6 heteroatoms. The smallest absolute Gasteiger partial charge is 0.337 e. The first-order chi connectivity index (χ1) is 6.61. The molecule has 2 aromatic rings. The van der Waals surface area contributed by atoms with Gasteiger partial charge in [-0.1, -0.05) is 0 Å². The van der Waals surface area contributed by atoms with Crippen molar-refractivity contribution < 1.29 is 9.90 Å². The lowest BCUT2D eigenvalue weighted by Gasteiger charge is -1.97. The van der Waals surface area contributed by atoms with Gasteiger partial charge in [0.25, 0.3) is 0 Å². The fourth-order valence-electron chi connectivity index (χ4n) is 1.24. The summed E-state index contributed by atoms with van der Waals surface area (Å²) in [5.41, 5.74) is 0.935. The molecule has 0 aliphatic heterocycles. The van der Waals surface area contributed by atoms with Crippen molar-refractivity contribution in [2.75, 3.05) is 0 Å². The molecule has 14 heavy (non-hydrogen) atoms. The van der Waals surface area contributed by atoms with E-state index in [0.29, 0.717) is 9.99 Å². The fourth-order valence-corrected chi connectivity index (χ4v) is 2.17. The van der Waals surface area contributed by atoms with Gasteiger partial charge >= 0.3 is 5.97 Å². The van der Waals surface area contributed by atoms with Gasteiger partial charge < -0.3 is 10.1 Å². The largest absolute Gasteiger partial charge is 0.478 e. The van der Waals surface area contributed by atoms with Crippen LogP contribution in [-0.2, 0) is 0 Å². The summed E-state index contributed by atoms with van der Waals surface area (Å²) >= 11 is 6.50. The van der Waals surface area contributed by atoms with Gasteiger partial charge in [0.2, 0.25) is 0 Å². The molecule has 2 heterocycles. The second-order valence-electron chi connectivity index (χ2n) is 2.65. The molecule has 0 radical (unpaired) electrons. The second-order valence-corrected chi connectivity index (χ2v) is 4.26. The number of halogens is 2. The first-order valence-corrected chi connectivity index (χ1v) is 5.24. The summed E-state index contributed by atoms with van der Waals surface area (Å²) in [5, 5.41) is 9.48. The number of rotatable bonds is 1. The summed E-state index contributed by atoms with van der Waals surface area (Å²) in [6.07, 6.45) is 3.05. The Morgan fingerprint density at radius 1 is 1.50 bits per heavy atom. The van der Waals surface area contributed by atoms with Crippen LogP contribution in [0.4, 0.5) is 0 Å². The predicted molar refractivity (Wildman–Crippen MR) is 58.5 cm³/mol. The first kappa shape index (κ1) is 9.67. The maximum absolute atomic E-state index is 10.9. The van der Waals surface area contributed by atoms with Crippen molar-refractivity contribution in [2.45, 2.75) is 0 Å². The summed E-state index contributed by atoms with van der Waals surface area (Å²) in [6.45, 7) is 0. The SMILES string of the molecule is O=C(O)c1c[nH]c2c(Br)cnc(Br)c12. The third-order valence-corrected chi connectivity index (χ3v) is 3.05. The van der Waals surface area contributed by atoms with E-state index >= 15 is 0 Å². The molecule has 0 amide bonds. The normalized spacial score (nSPS) is 10.7. The molecule has 0 atom stereocenters. The summed E-state index contributed by atoms with van der Waals surface area (Å²) < 4.78 is 1.26. The van der Waals surface area contributed by atoms with Gasteiger partial charge in [0, 0.05) is 17.8 Å². The Balaban J connectivity index is 2.90. The van der Waals surface area contributed by atoms with Gasteiger partial charge in [-0.25, -0.2) is 9.78 Å². The molecule has 0 spiro atoms. The van der Waals surface area contributed by atoms with E-state index in [1.54, 1.807) is 6.20 Å². The Kier molecular flexibility index (Phi) is 2.32. The van der Waals surface area contributed by atoms with E-state index in [0.717, 1.165) is 9.99 Å². The number of aromatic nitrogens is 2. The number of nitrogens with one attached hydrogen (secondary N) is 1. The number of pyridine rings is 1. The van der Waals surface area contributed by atoms with Gasteiger partial charge in [-0.05, 0) is 31.9 Å². The van der Waals surface area contributed by atoms with Crippen LogP contribution in [0.2, 0.25) is 0 Å². The van der Waals surface area contributed by atoms with E-state index in [1.807, 2.05) is 0 Å². The van der Waals surface area contributed by atoms with Crippen LogP contribution in [0.25, 0.3) is 10.9 Å². The minimum Gasteiger partial charge on any atom is -0.478 e. The van der Waals surface area contributed by atoms with Crippen molar-refractivity contribution in [1.82, 2.24) is 9.97 Å². The first-order valence-electron chi connectivity index (χ1n) is 3.65. The fraction of sp³-hybridized carbons (Fsp3) is 0. The summed E-state index contributed by atoms with van der Waals surface area (Å²) in [7, 11) is 0. The van der Waals surface area contributed by atoms with Crippen molar-refractivity contribution in [2.24, 2.45) is 0 Å². The molecule has 4 nitrogen and oxygen atoms in total. The minimum atomic E-state index is -0.975.